The van der Waals surface area contributed by atoms with Crippen molar-refractivity contribution in [2.45, 2.75) is 90.4 Å². The molecule has 0 aliphatic rings. The molecule has 0 unspecified atom stereocenters. The molecular formula is C17H36O2. The zero-order valence-electron chi connectivity index (χ0n) is 13.2. The van der Waals surface area contributed by atoms with Crippen LogP contribution in [-0.2, 0) is 4.74 Å². The lowest BCUT2D eigenvalue weighted by molar-refractivity contribution is 0.126. The van der Waals surface area contributed by atoms with Crippen LogP contribution in [0, 0.1) is 0 Å². The van der Waals surface area contributed by atoms with Gasteiger partial charge in [-0.2, -0.15) is 0 Å². The van der Waals surface area contributed by atoms with Gasteiger partial charge in [0.15, 0.2) is 0 Å². The average Bonchev–Trinajstić information content (AvgIpc) is 2.43. The van der Waals surface area contributed by atoms with Crippen molar-refractivity contribution in [3.63, 3.8) is 0 Å². The van der Waals surface area contributed by atoms with E-state index in [0.29, 0.717) is 6.61 Å². The Bertz CT molecular complexity index is 132. The lowest BCUT2D eigenvalue weighted by atomic mass is 10.1. The highest BCUT2D eigenvalue weighted by Gasteiger charge is 1.93. The Balaban J connectivity index is 2.88. The summed E-state index contributed by atoms with van der Waals surface area (Å²) in [5.74, 6) is 0. The van der Waals surface area contributed by atoms with Gasteiger partial charge in [-0.05, 0) is 19.3 Å². The number of hydrogen-bond acceptors (Lipinski definition) is 2. The molecule has 0 fully saturated rings. The van der Waals surface area contributed by atoms with Crippen LogP contribution in [0.4, 0.5) is 0 Å². The Labute approximate surface area is 120 Å². The molecule has 0 atom stereocenters. The fourth-order valence-corrected chi connectivity index (χ4v) is 2.29. The van der Waals surface area contributed by atoms with Crippen LogP contribution in [0.3, 0.4) is 0 Å². The molecule has 0 radical (unpaired) electrons. The smallest absolute Gasteiger partial charge is 0.0466 e. The number of hydrogen-bond donors (Lipinski definition) is 1. The Kier molecular flexibility index (Phi) is 17.8. The van der Waals surface area contributed by atoms with Gasteiger partial charge in [0, 0.05) is 19.8 Å². The molecule has 2 heteroatoms. The molecule has 0 aromatic rings. The normalized spacial score (nSPS) is 11.1. The summed E-state index contributed by atoms with van der Waals surface area (Å²) in [6.07, 6.45) is 16.7. The fraction of sp³-hybridized carbons (Fsp3) is 1.00. The molecule has 116 valence electrons. The topological polar surface area (TPSA) is 29.5 Å². The van der Waals surface area contributed by atoms with Gasteiger partial charge in [-0.1, -0.05) is 71.1 Å². The molecular weight excluding hydrogens is 236 g/mol. The third-order valence-electron chi connectivity index (χ3n) is 3.59. The average molecular weight is 272 g/mol. The molecule has 0 heterocycles. The summed E-state index contributed by atoms with van der Waals surface area (Å²) in [7, 11) is 0. The van der Waals surface area contributed by atoms with E-state index < -0.39 is 0 Å². The Morgan fingerprint density at radius 3 is 1.47 bits per heavy atom. The molecule has 0 saturated carbocycles. The van der Waals surface area contributed by atoms with Crippen LogP contribution >= 0.6 is 0 Å². The standard InChI is InChI=1S/C17H36O2/c1-2-3-13-16-19-17-14-11-9-7-5-4-6-8-10-12-15-18/h18H,2-17H2,1H3. The molecule has 0 rings (SSSR count). The molecule has 0 aromatic carbocycles. The van der Waals surface area contributed by atoms with Crippen molar-refractivity contribution < 1.29 is 9.84 Å². The number of aliphatic hydroxyl groups is 1. The van der Waals surface area contributed by atoms with Gasteiger partial charge >= 0.3 is 0 Å². The van der Waals surface area contributed by atoms with E-state index in [0.717, 1.165) is 19.6 Å². The van der Waals surface area contributed by atoms with Gasteiger partial charge in [-0.25, -0.2) is 0 Å². The summed E-state index contributed by atoms with van der Waals surface area (Å²) in [6, 6.07) is 0. The van der Waals surface area contributed by atoms with Crippen LogP contribution in [0.5, 0.6) is 0 Å². The molecule has 0 spiro atoms. The molecule has 0 aliphatic heterocycles. The van der Waals surface area contributed by atoms with Gasteiger partial charge in [-0.15, -0.1) is 0 Å². The van der Waals surface area contributed by atoms with E-state index in [1.165, 1.54) is 77.0 Å². The second-order valence-electron chi connectivity index (χ2n) is 5.58. The van der Waals surface area contributed by atoms with E-state index in [9.17, 15) is 0 Å². The van der Waals surface area contributed by atoms with Crippen LogP contribution in [0.15, 0.2) is 0 Å². The van der Waals surface area contributed by atoms with E-state index in [1.54, 1.807) is 0 Å². The molecule has 0 aromatic heterocycles. The maximum atomic E-state index is 8.66. The van der Waals surface area contributed by atoms with Crippen molar-refractivity contribution in [3.05, 3.63) is 0 Å². The van der Waals surface area contributed by atoms with Gasteiger partial charge < -0.3 is 9.84 Å². The first kappa shape index (κ1) is 18.9. The van der Waals surface area contributed by atoms with Gasteiger partial charge in [0.05, 0.1) is 0 Å². The van der Waals surface area contributed by atoms with Crippen LogP contribution < -0.4 is 0 Å². The summed E-state index contributed by atoms with van der Waals surface area (Å²) in [4.78, 5) is 0. The Hall–Kier alpha value is -0.0800. The van der Waals surface area contributed by atoms with Gasteiger partial charge in [-0.3, -0.25) is 0 Å². The molecule has 2 nitrogen and oxygen atoms in total. The Morgan fingerprint density at radius 2 is 1.00 bits per heavy atom. The summed E-state index contributed by atoms with van der Waals surface area (Å²) >= 11 is 0. The maximum Gasteiger partial charge on any atom is 0.0466 e. The highest BCUT2D eigenvalue weighted by molar-refractivity contribution is 4.48. The molecule has 19 heavy (non-hydrogen) atoms. The lowest BCUT2D eigenvalue weighted by Gasteiger charge is -2.04. The van der Waals surface area contributed by atoms with Gasteiger partial charge in [0.25, 0.3) is 0 Å². The predicted molar refractivity (Wildman–Crippen MR) is 83.6 cm³/mol. The summed E-state index contributed by atoms with van der Waals surface area (Å²) < 4.78 is 5.60. The summed E-state index contributed by atoms with van der Waals surface area (Å²) in [6.45, 7) is 4.51. The minimum absolute atomic E-state index is 0.362. The molecule has 0 aliphatic carbocycles. The Morgan fingerprint density at radius 1 is 0.579 bits per heavy atom. The SMILES string of the molecule is CCCCCOCCCCCCCCCCCCO. The molecule has 0 bridgehead atoms. The maximum absolute atomic E-state index is 8.66. The highest BCUT2D eigenvalue weighted by atomic mass is 16.5. The van der Waals surface area contributed by atoms with Crippen LogP contribution in [0.2, 0.25) is 0 Å². The van der Waals surface area contributed by atoms with Crippen molar-refractivity contribution in [2.24, 2.45) is 0 Å². The minimum Gasteiger partial charge on any atom is -0.396 e. The molecule has 1 N–H and O–H groups in total. The summed E-state index contributed by atoms with van der Waals surface area (Å²) in [5, 5.41) is 8.66. The zero-order chi connectivity index (χ0) is 14.0. The zero-order valence-corrected chi connectivity index (χ0v) is 13.2. The largest absolute Gasteiger partial charge is 0.396 e. The third kappa shape index (κ3) is 17.9. The number of ether oxygens (including phenoxy) is 1. The van der Waals surface area contributed by atoms with Crippen molar-refractivity contribution >= 4 is 0 Å². The first-order chi connectivity index (χ1) is 9.41. The van der Waals surface area contributed by atoms with Gasteiger partial charge in [0.1, 0.15) is 0 Å². The van der Waals surface area contributed by atoms with E-state index in [-0.39, 0.29) is 0 Å². The van der Waals surface area contributed by atoms with Crippen molar-refractivity contribution in [1.29, 1.82) is 0 Å². The van der Waals surface area contributed by atoms with E-state index >= 15 is 0 Å². The van der Waals surface area contributed by atoms with Crippen LogP contribution in [0.25, 0.3) is 0 Å². The second-order valence-corrected chi connectivity index (χ2v) is 5.58. The van der Waals surface area contributed by atoms with Crippen molar-refractivity contribution in [2.75, 3.05) is 19.8 Å². The van der Waals surface area contributed by atoms with E-state index in [1.807, 2.05) is 0 Å². The van der Waals surface area contributed by atoms with Crippen LogP contribution in [0.1, 0.15) is 90.4 Å². The molecule has 0 saturated heterocycles. The number of unbranched alkanes of at least 4 members (excludes halogenated alkanes) is 11. The quantitative estimate of drug-likeness (QED) is 0.397. The second kappa shape index (κ2) is 17.9. The number of rotatable bonds is 16. The predicted octanol–water partition coefficient (Wildman–Crippen LogP) is 5.09. The highest BCUT2D eigenvalue weighted by Crippen LogP contribution is 2.10. The number of aliphatic hydroxyl groups excluding tert-OH is 1. The third-order valence-corrected chi connectivity index (χ3v) is 3.59. The first-order valence-electron chi connectivity index (χ1n) is 8.60. The van der Waals surface area contributed by atoms with E-state index in [4.69, 9.17) is 9.84 Å². The summed E-state index contributed by atoms with van der Waals surface area (Å²) in [5.41, 5.74) is 0. The van der Waals surface area contributed by atoms with Crippen LogP contribution in [-0.4, -0.2) is 24.9 Å². The van der Waals surface area contributed by atoms with Gasteiger partial charge in [0.2, 0.25) is 0 Å². The molecule has 0 amide bonds. The lowest BCUT2D eigenvalue weighted by Crippen LogP contribution is -1.96. The first-order valence-corrected chi connectivity index (χ1v) is 8.60. The van der Waals surface area contributed by atoms with Crippen molar-refractivity contribution in [1.82, 2.24) is 0 Å². The minimum atomic E-state index is 0.362. The monoisotopic (exact) mass is 272 g/mol. The van der Waals surface area contributed by atoms with E-state index in [2.05, 4.69) is 6.92 Å². The fourth-order valence-electron chi connectivity index (χ4n) is 2.29. The van der Waals surface area contributed by atoms with Crippen molar-refractivity contribution in [3.8, 4) is 0 Å².